The number of aromatic nitrogens is 3. The van der Waals surface area contributed by atoms with Crippen molar-refractivity contribution >= 4 is 17.9 Å². The van der Waals surface area contributed by atoms with Crippen LogP contribution in [0.5, 0.6) is 5.88 Å². The van der Waals surface area contributed by atoms with Crippen LogP contribution in [0, 0.1) is 11.3 Å². The first-order chi connectivity index (χ1) is 12.6. The van der Waals surface area contributed by atoms with Gasteiger partial charge in [0.05, 0.1) is 30.5 Å². The zero-order valence-corrected chi connectivity index (χ0v) is 14.9. The third-order valence-electron chi connectivity index (χ3n) is 3.49. The van der Waals surface area contributed by atoms with Crippen LogP contribution in [0.2, 0.25) is 0 Å². The Bertz CT molecular complexity index is 959. The predicted octanol–water partition coefficient (Wildman–Crippen LogP) is 2.96. The molecule has 3 aromatic rings. The molecule has 2 aromatic heterocycles. The third kappa shape index (κ3) is 3.68. The van der Waals surface area contributed by atoms with Crippen molar-refractivity contribution in [1.82, 2.24) is 19.5 Å². The summed E-state index contributed by atoms with van der Waals surface area (Å²) in [6, 6.07) is 12.9. The molecule has 0 aliphatic carbocycles. The van der Waals surface area contributed by atoms with Crippen molar-refractivity contribution in [2.45, 2.75) is 11.8 Å². The van der Waals surface area contributed by atoms with Gasteiger partial charge in [-0.25, -0.2) is 4.98 Å². The summed E-state index contributed by atoms with van der Waals surface area (Å²) in [6.07, 6.45) is 3.35. The van der Waals surface area contributed by atoms with Gasteiger partial charge in [0.15, 0.2) is 5.82 Å². The summed E-state index contributed by atoms with van der Waals surface area (Å²) >= 11 is 1.20. The molecule has 0 aliphatic rings. The second-order valence-electron chi connectivity index (χ2n) is 5.28. The Labute approximate surface area is 154 Å². The highest BCUT2D eigenvalue weighted by molar-refractivity contribution is 7.98. The Kier molecular flexibility index (Phi) is 5.20. The lowest BCUT2D eigenvalue weighted by atomic mass is 10.1. The Hall–Kier alpha value is -3.31. The van der Waals surface area contributed by atoms with Crippen LogP contribution in [0.4, 0.5) is 0 Å². The van der Waals surface area contributed by atoms with Crippen molar-refractivity contribution in [3.63, 3.8) is 0 Å². The van der Waals surface area contributed by atoms with E-state index in [0.717, 1.165) is 16.0 Å². The number of ether oxygens (including phenoxy) is 1. The van der Waals surface area contributed by atoms with Gasteiger partial charge in [-0.15, -0.1) is 0 Å². The highest BCUT2D eigenvalue weighted by atomic mass is 32.2. The molecule has 0 radical (unpaired) electrons. The van der Waals surface area contributed by atoms with E-state index in [0.29, 0.717) is 17.3 Å². The first kappa shape index (κ1) is 17.5. The van der Waals surface area contributed by atoms with Gasteiger partial charge >= 0.3 is 0 Å². The van der Waals surface area contributed by atoms with Gasteiger partial charge in [-0.3, -0.25) is 9.52 Å². The van der Waals surface area contributed by atoms with Crippen LogP contribution in [0.1, 0.15) is 12.5 Å². The van der Waals surface area contributed by atoms with E-state index in [1.54, 1.807) is 42.4 Å². The van der Waals surface area contributed by atoms with Crippen LogP contribution in [-0.2, 0) is 4.79 Å². The molecule has 3 rings (SSSR count). The molecule has 0 saturated carbocycles. The largest absolute Gasteiger partial charge is 0.480 e. The normalized spacial score (nSPS) is 10.2. The molecule has 7 nitrogen and oxygen atoms in total. The summed E-state index contributed by atoms with van der Waals surface area (Å²) in [5.41, 5.74) is 2.29. The third-order valence-corrected chi connectivity index (χ3v) is 4.36. The molecule has 0 aliphatic heterocycles. The highest BCUT2D eigenvalue weighted by Crippen LogP contribution is 2.31. The van der Waals surface area contributed by atoms with E-state index < -0.39 is 0 Å². The zero-order valence-electron chi connectivity index (χ0n) is 14.1. The maximum absolute atomic E-state index is 11.0. The molecule has 26 heavy (non-hydrogen) atoms. The molecule has 0 saturated heterocycles. The molecule has 1 amide bonds. The number of carbonyl (C=O) groups excluding carboxylic acids is 1. The Morgan fingerprint density at radius 3 is 2.58 bits per heavy atom. The van der Waals surface area contributed by atoms with Crippen molar-refractivity contribution in [3.05, 3.63) is 54.4 Å². The van der Waals surface area contributed by atoms with Crippen molar-refractivity contribution in [1.29, 1.82) is 5.26 Å². The van der Waals surface area contributed by atoms with Crippen LogP contribution in [-0.4, -0.2) is 27.8 Å². The van der Waals surface area contributed by atoms with Crippen LogP contribution in [0.15, 0.2) is 53.7 Å². The SMILES string of the molecule is COc1c(-c2ccc(C#N)cc2)cnn1-c1ccc(SNC(C)=O)cn1. The van der Waals surface area contributed by atoms with Gasteiger partial charge in [0.25, 0.3) is 0 Å². The standard InChI is InChI=1S/C18H15N5O2S/c1-12(24)22-26-15-7-8-17(20-10-15)23-18(25-2)16(11-21-23)14-5-3-13(9-19)4-6-14/h3-8,10-11H,1-2H3,(H,22,24). The molecule has 1 N–H and O–H groups in total. The quantitative estimate of drug-likeness (QED) is 0.699. The molecular formula is C18H15N5O2S. The number of nitrogens with one attached hydrogen (secondary N) is 1. The Balaban J connectivity index is 1.90. The van der Waals surface area contributed by atoms with Gasteiger partial charge in [0.2, 0.25) is 11.8 Å². The minimum Gasteiger partial charge on any atom is -0.480 e. The molecule has 0 spiro atoms. The van der Waals surface area contributed by atoms with Gasteiger partial charge in [-0.1, -0.05) is 12.1 Å². The maximum atomic E-state index is 11.0. The molecular weight excluding hydrogens is 350 g/mol. The van der Waals surface area contributed by atoms with E-state index in [1.165, 1.54) is 18.9 Å². The molecule has 0 bridgehead atoms. The van der Waals surface area contributed by atoms with Crippen molar-refractivity contribution in [3.8, 4) is 28.9 Å². The highest BCUT2D eigenvalue weighted by Gasteiger charge is 2.15. The summed E-state index contributed by atoms with van der Waals surface area (Å²) in [4.78, 5) is 16.1. The average molecular weight is 365 g/mol. The van der Waals surface area contributed by atoms with Gasteiger partial charge in [-0.2, -0.15) is 15.0 Å². The topological polar surface area (TPSA) is 92.8 Å². The number of nitriles is 1. The Morgan fingerprint density at radius 1 is 1.23 bits per heavy atom. The number of pyridine rings is 1. The van der Waals surface area contributed by atoms with Crippen molar-refractivity contribution in [2.24, 2.45) is 0 Å². The van der Waals surface area contributed by atoms with Gasteiger partial charge in [0.1, 0.15) is 0 Å². The lowest BCUT2D eigenvalue weighted by Crippen LogP contribution is -2.10. The number of methoxy groups -OCH3 is 1. The summed E-state index contributed by atoms with van der Waals surface area (Å²) in [7, 11) is 1.57. The number of hydrogen-bond donors (Lipinski definition) is 1. The second-order valence-corrected chi connectivity index (χ2v) is 6.16. The van der Waals surface area contributed by atoms with E-state index in [4.69, 9.17) is 10.00 Å². The molecule has 2 heterocycles. The number of hydrogen-bond acceptors (Lipinski definition) is 6. The number of benzene rings is 1. The predicted molar refractivity (Wildman–Crippen MR) is 97.7 cm³/mol. The van der Waals surface area contributed by atoms with Crippen molar-refractivity contribution < 1.29 is 9.53 Å². The van der Waals surface area contributed by atoms with Crippen LogP contribution in [0.3, 0.4) is 0 Å². The van der Waals surface area contributed by atoms with E-state index in [2.05, 4.69) is 20.9 Å². The fraction of sp³-hybridized carbons (Fsp3) is 0.111. The minimum absolute atomic E-state index is 0.125. The van der Waals surface area contributed by atoms with E-state index in [-0.39, 0.29) is 5.91 Å². The lowest BCUT2D eigenvalue weighted by Gasteiger charge is -2.08. The number of carbonyl (C=O) groups is 1. The van der Waals surface area contributed by atoms with Crippen LogP contribution < -0.4 is 9.46 Å². The van der Waals surface area contributed by atoms with E-state index >= 15 is 0 Å². The van der Waals surface area contributed by atoms with Gasteiger partial charge < -0.3 is 4.74 Å². The zero-order chi connectivity index (χ0) is 18.5. The Morgan fingerprint density at radius 2 is 2.00 bits per heavy atom. The molecule has 0 fully saturated rings. The fourth-order valence-electron chi connectivity index (χ4n) is 2.31. The van der Waals surface area contributed by atoms with E-state index in [1.807, 2.05) is 18.2 Å². The van der Waals surface area contributed by atoms with Crippen molar-refractivity contribution in [2.75, 3.05) is 7.11 Å². The van der Waals surface area contributed by atoms with Gasteiger partial charge in [0, 0.05) is 18.0 Å². The molecule has 0 atom stereocenters. The second kappa shape index (κ2) is 7.72. The molecule has 8 heteroatoms. The monoisotopic (exact) mass is 365 g/mol. The number of rotatable bonds is 5. The maximum Gasteiger partial charge on any atom is 0.226 e. The smallest absolute Gasteiger partial charge is 0.226 e. The van der Waals surface area contributed by atoms with Crippen LogP contribution in [0.25, 0.3) is 16.9 Å². The van der Waals surface area contributed by atoms with E-state index in [9.17, 15) is 4.79 Å². The first-order valence-corrected chi connectivity index (χ1v) is 8.46. The summed E-state index contributed by atoms with van der Waals surface area (Å²) in [6.45, 7) is 1.45. The van der Waals surface area contributed by atoms with Crippen LogP contribution >= 0.6 is 11.9 Å². The summed E-state index contributed by atoms with van der Waals surface area (Å²) in [5, 5.41) is 13.3. The molecule has 0 unspecified atom stereocenters. The van der Waals surface area contributed by atoms with Gasteiger partial charge in [-0.05, 0) is 41.8 Å². The molecule has 1 aromatic carbocycles. The first-order valence-electron chi connectivity index (χ1n) is 7.64. The summed E-state index contributed by atoms with van der Waals surface area (Å²) < 4.78 is 9.77. The lowest BCUT2D eigenvalue weighted by molar-refractivity contribution is -0.117. The minimum atomic E-state index is -0.125. The summed E-state index contributed by atoms with van der Waals surface area (Å²) in [5.74, 6) is 1.01. The number of nitrogens with zero attached hydrogens (tertiary/aromatic N) is 4. The average Bonchev–Trinajstić information content (AvgIpc) is 3.10. The molecule has 130 valence electrons. The fourth-order valence-corrected chi connectivity index (χ4v) is 2.81. The number of amides is 1.